The zero-order valence-corrected chi connectivity index (χ0v) is 18.1. The zero-order chi connectivity index (χ0) is 19.6. The summed E-state index contributed by atoms with van der Waals surface area (Å²) in [6.07, 6.45) is 4.13. The van der Waals surface area contributed by atoms with Crippen molar-refractivity contribution in [3.8, 4) is 11.5 Å². The number of unbranched alkanes of at least 4 members (excludes halogenated alkanes) is 2. The highest BCUT2D eigenvalue weighted by atomic mass is 35.5. The van der Waals surface area contributed by atoms with Crippen LogP contribution >= 0.6 is 20.2 Å². The van der Waals surface area contributed by atoms with E-state index in [1.807, 2.05) is 37.3 Å². The van der Waals surface area contributed by atoms with Gasteiger partial charge in [0.05, 0.1) is 18.2 Å². The molecule has 0 N–H and O–H groups in total. The van der Waals surface area contributed by atoms with Crippen molar-refractivity contribution in [2.75, 3.05) is 13.2 Å². The number of halogens is 1. The molecule has 146 valence electrons. The Morgan fingerprint density at radius 3 is 2.41 bits per heavy atom. The third-order valence-corrected chi connectivity index (χ3v) is 5.65. The van der Waals surface area contributed by atoms with Gasteiger partial charge in [0.2, 0.25) is 0 Å². The van der Waals surface area contributed by atoms with E-state index in [-0.39, 0.29) is 14.1 Å². The molecule has 2 aromatic carbocycles. The Labute approximate surface area is 169 Å². The molecule has 1 unspecified atom stereocenters. The lowest BCUT2D eigenvalue weighted by Gasteiger charge is -2.14. The van der Waals surface area contributed by atoms with Crippen LogP contribution < -0.4 is 14.8 Å². The second kappa shape index (κ2) is 11.3. The summed E-state index contributed by atoms with van der Waals surface area (Å²) in [6, 6.07) is 11.3. The van der Waals surface area contributed by atoms with Crippen LogP contribution in [0.5, 0.6) is 11.5 Å². The Balaban J connectivity index is 2.21. The lowest BCUT2D eigenvalue weighted by Crippen LogP contribution is -2.10. The van der Waals surface area contributed by atoms with Gasteiger partial charge in [0, 0.05) is 16.9 Å². The Hall–Kier alpha value is -1.57. The summed E-state index contributed by atoms with van der Waals surface area (Å²) in [5.74, 6) is 1.51. The maximum absolute atomic E-state index is 12.9. The van der Waals surface area contributed by atoms with E-state index in [1.165, 1.54) is 0 Å². The van der Waals surface area contributed by atoms with Gasteiger partial charge >= 0.3 is 0 Å². The normalized spacial score (nSPS) is 11.1. The van der Waals surface area contributed by atoms with Gasteiger partial charge in [-0.3, -0.25) is 4.79 Å². The topological polar surface area (TPSA) is 35.5 Å². The molecule has 0 spiro atoms. The van der Waals surface area contributed by atoms with E-state index < -0.39 is 0 Å². The average Bonchev–Trinajstić information content (AvgIpc) is 2.64. The predicted octanol–water partition coefficient (Wildman–Crippen LogP) is 6.15. The molecule has 0 aliphatic rings. The molecule has 0 radical (unpaired) electrons. The minimum Gasteiger partial charge on any atom is -0.493 e. The van der Waals surface area contributed by atoms with Crippen molar-refractivity contribution in [3.63, 3.8) is 0 Å². The van der Waals surface area contributed by atoms with E-state index in [2.05, 4.69) is 13.8 Å². The van der Waals surface area contributed by atoms with Crippen LogP contribution in [-0.2, 0) is 0 Å². The molecule has 0 amide bonds. The van der Waals surface area contributed by atoms with Gasteiger partial charge in [0.15, 0.2) is 5.52 Å². The predicted molar refractivity (Wildman–Crippen MR) is 116 cm³/mol. The molecule has 2 aromatic rings. The number of aryl methyl sites for hydroxylation is 1. The number of benzene rings is 2. The third-order valence-electron chi connectivity index (χ3n) is 4.17. The molecule has 1 atom stereocenters. The van der Waals surface area contributed by atoms with E-state index in [4.69, 9.17) is 21.1 Å². The molecule has 0 aromatic heterocycles. The van der Waals surface area contributed by atoms with Gasteiger partial charge in [-0.1, -0.05) is 50.4 Å². The number of ether oxygens (including phenoxy) is 2. The quantitative estimate of drug-likeness (QED) is 0.331. The van der Waals surface area contributed by atoms with Crippen molar-refractivity contribution in [3.05, 3.63) is 52.5 Å². The van der Waals surface area contributed by atoms with Crippen molar-refractivity contribution in [2.45, 2.75) is 46.5 Å². The number of carbonyl (C=O) groups is 1. The molecule has 0 aliphatic heterocycles. The highest BCUT2D eigenvalue weighted by molar-refractivity contribution is 7.66. The van der Waals surface area contributed by atoms with Crippen LogP contribution in [0.4, 0.5) is 0 Å². The summed E-state index contributed by atoms with van der Waals surface area (Å²) < 4.78 is 11.8. The highest BCUT2D eigenvalue weighted by Crippen LogP contribution is 2.31. The van der Waals surface area contributed by atoms with Crippen LogP contribution in [0.25, 0.3) is 0 Å². The summed E-state index contributed by atoms with van der Waals surface area (Å²) in [4.78, 5) is 12.9. The van der Waals surface area contributed by atoms with E-state index >= 15 is 0 Å². The fourth-order valence-corrected chi connectivity index (χ4v) is 4.10. The second-order valence-electron chi connectivity index (χ2n) is 6.45. The summed E-state index contributed by atoms with van der Waals surface area (Å²) in [5, 5.41) is 1.39. The summed E-state index contributed by atoms with van der Waals surface area (Å²) in [6.45, 7) is 7.48. The first-order valence-electron chi connectivity index (χ1n) is 9.52. The van der Waals surface area contributed by atoms with Gasteiger partial charge in [-0.25, -0.2) is 0 Å². The minimum atomic E-state index is -0.0459. The SMILES string of the molecule is CCCCOc1ccc(PC(=O)c2c(C)cccc2Cl)c(OCCCC)c1. The van der Waals surface area contributed by atoms with Crippen molar-refractivity contribution >= 4 is 31.0 Å². The monoisotopic (exact) mass is 406 g/mol. The number of hydrogen-bond donors (Lipinski definition) is 0. The lowest BCUT2D eigenvalue weighted by molar-refractivity contribution is 0.108. The van der Waals surface area contributed by atoms with Gasteiger partial charge in [0.25, 0.3) is 0 Å². The molecule has 27 heavy (non-hydrogen) atoms. The smallest absolute Gasteiger partial charge is 0.187 e. The Morgan fingerprint density at radius 2 is 1.74 bits per heavy atom. The van der Waals surface area contributed by atoms with E-state index in [9.17, 15) is 4.79 Å². The summed E-state index contributed by atoms with van der Waals surface area (Å²) in [5.41, 5.74) is 1.52. The van der Waals surface area contributed by atoms with Crippen LogP contribution in [-0.4, -0.2) is 18.7 Å². The Bertz CT molecular complexity index is 741. The summed E-state index contributed by atoms with van der Waals surface area (Å²) in [7, 11) is -0.0459. The molecule has 2 rings (SSSR count). The third kappa shape index (κ3) is 6.52. The molecule has 0 aliphatic carbocycles. The Kier molecular flexibility index (Phi) is 9.10. The second-order valence-corrected chi connectivity index (χ2v) is 8.10. The van der Waals surface area contributed by atoms with Gasteiger partial charge < -0.3 is 9.47 Å². The van der Waals surface area contributed by atoms with Crippen LogP contribution in [0, 0.1) is 6.92 Å². The number of hydrogen-bond acceptors (Lipinski definition) is 3. The van der Waals surface area contributed by atoms with Crippen molar-refractivity contribution in [1.29, 1.82) is 0 Å². The molecule has 5 heteroatoms. The number of rotatable bonds is 11. The number of carbonyl (C=O) groups excluding carboxylic acids is 1. The fourth-order valence-electron chi connectivity index (χ4n) is 2.58. The highest BCUT2D eigenvalue weighted by Gasteiger charge is 2.17. The van der Waals surface area contributed by atoms with Crippen molar-refractivity contribution < 1.29 is 14.3 Å². The van der Waals surface area contributed by atoms with Gasteiger partial charge in [-0.05, 0) is 52.1 Å². The van der Waals surface area contributed by atoms with E-state index in [0.717, 1.165) is 48.1 Å². The van der Waals surface area contributed by atoms with Gasteiger partial charge in [-0.15, -0.1) is 0 Å². The van der Waals surface area contributed by atoms with Crippen LogP contribution in [0.2, 0.25) is 5.02 Å². The first kappa shape index (κ1) is 21.7. The van der Waals surface area contributed by atoms with Crippen LogP contribution in [0.3, 0.4) is 0 Å². The zero-order valence-electron chi connectivity index (χ0n) is 16.3. The largest absolute Gasteiger partial charge is 0.493 e. The standard InChI is InChI=1S/C22H28ClO3P/c1-4-6-13-25-17-11-12-20(19(15-17)26-14-7-5-2)27-22(24)21-16(3)9-8-10-18(21)23/h8-12,15,27H,4-7,13-14H2,1-3H3. The maximum atomic E-state index is 12.9. The molecular weight excluding hydrogens is 379 g/mol. The molecule has 0 saturated heterocycles. The first-order valence-corrected chi connectivity index (χ1v) is 10.9. The molecule has 0 bridgehead atoms. The molecular formula is C22H28ClO3P. The minimum absolute atomic E-state index is 0.0260. The van der Waals surface area contributed by atoms with E-state index in [0.29, 0.717) is 23.8 Å². The molecule has 0 heterocycles. The average molecular weight is 407 g/mol. The van der Waals surface area contributed by atoms with Crippen LogP contribution in [0.15, 0.2) is 36.4 Å². The van der Waals surface area contributed by atoms with Gasteiger partial charge in [-0.2, -0.15) is 0 Å². The Morgan fingerprint density at radius 1 is 1.04 bits per heavy atom. The fraction of sp³-hybridized carbons (Fsp3) is 0.409. The molecule has 3 nitrogen and oxygen atoms in total. The van der Waals surface area contributed by atoms with Crippen molar-refractivity contribution in [1.82, 2.24) is 0 Å². The first-order chi connectivity index (χ1) is 13.1. The molecule has 0 fully saturated rings. The van der Waals surface area contributed by atoms with Crippen LogP contribution in [0.1, 0.15) is 55.5 Å². The maximum Gasteiger partial charge on any atom is 0.187 e. The molecule has 0 saturated carbocycles. The lowest BCUT2D eigenvalue weighted by atomic mass is 10.1. The van der Waals surface area contributed by atoms with Gasteiger partial charge in [0.1, 0.15) is 11.5 Å². The van der Waals surface area contributed by atoms with Crippen molar-refractivity contribution in [2.24, 2.45) is 0 Å². The van der Waals surface area contributed by atoms with E-state index in [1.54, 1.807) is 6.07 Å². The summed E-state index contributed by atoms with van der Waals surface area (Å²) >= 11 is 6.26.